The minimum absolute atomic E-state index is 0.00259. The Labute approximate surface area is 131 Å². The number of carbonyl (C=O) groups excluding carboxylic acids is 2. The SMILES string of the molecule is CCC1CCCCN1C(=O)CNC(=O)c1cccc(OC)c1. The van der Waals surface area contributed by atoms with Gasteiger partial charge >= 0.3 is 0 Å². The van der Waals surface area contributed by atoms with Crippen LogP contribution in [0.15, 0.2) is 24.3 Å². The zero-order chi connectivity index (χ0) is 15.9. The van der Waals surface area contributed by atoms with Crippen LogP contribution in [0, 0.1) is 0 Å². The van der Waals surface area contributed by atoms with Gasteiger partial charge in [0.05, 0.1) is 13.7 Å². The van der Waals surface area contributed by atoms with Gasteiger partial charge < -0.3 is 15.0 Å². The Balaban J connectivity index is 1.91. The summed E-state index contributed by atoms with van der Waals surface area (Å²) in [7, 11) is 1.56. The number of benzene rings is 1. The molecule has 120 valence electrons. The highest BCUT2D eigenvalue weighted by Crippen LogP contribution is 2.19. The Bertz CT molecular complexity index is 530. The largest absolute Gasteiger partial charge is 0.497 e. The van der Waals surface area contributed by atoms with Crippen molar-refractivity contribution >= 4 is 11.8 Å². The Morgan fingerprint density at radius 1 is 1.36 bits per heavy atom. The van der Waals surface area contributed by atoms with Crippen molar-refractivity contribution in [3.05, 3.63) is 29.8 Å². The van der Waals surface area contributed by atoms with E-state index in [9.17, 15) is 9.59 Å². The standard InChI is InChI=1S/C17H24N2O3/c1-3-14-8-4-5-10-19(14)16(20)12-18-17(21)13-7-6-9-15(11-13)22-2/h6-7,9,11,14H,3-5,8,10,12H2,1-2H3,(H,18,21). The summed E-state index contributed by atoms with van der Waals surface area (Å²) in [6.07, 6.45) is 4.26. The topological polar surface area (TPSA) is 58.6 Å². The molecule has 0 radical (unpaired) electrons. The monoisotopic (exact) mass is 304 g/mol. The fourth-order valence-electron chi connectivity index (χ4n) is 2.88. The van der Waals surface area contributed by atoms with Gasteiger partial charge in [-0.1, -0.05) is 13.0 Å². The number of rotatable bonds is 5. The summed E-state index contributed by atoms with van der Waals surface area (Å²) in [5, 5.41) is 2.71. The van der Waals surface area contributed by atoms with Crippen LogP contribution in [0.4, 0.5) is 0 Å². The van der Waals surface area contributed by atoms with Crippen molar-refractivity contribution in [3.8, 4) is 5.75 Å². The van der Waals surface area contributed by atoms with Crippen LogP contribution in [-0.2, 0) is 4.79 Å². The van der Waals surface area contributed by atoms with Crippen molar-refractivity contribution in [2.75, 3.05) is 20.2 Å². The summed E-state index contributed by atoms with van der Waals surface area (Å²) >= 11 is 0. The molecular weight excluding hydrogens is 280 g/mol. The third kappa shape index (κ3) is 4.00. The van der Waals surface area contributed by atoms with Gasteiger partial charge in [-0.05, 0) is 43.9 Å². The van der Waals surface area contributed by atoms with Crippen molar-refractivity contribution in [2.45, 2.75) is 38.6 Å². The molecule has 1 N–H and O–H groups in total. The molecule has 1 heterocycles. The van der Waals surface area contributed by atoms with Crippen molar-refractivity contribution in [1.29, 1.82) is 0 Å². The first kappa shape index (κ1) is 16.3. The van der Waals surface area contributed by atoms with Crippen molar-refractivity contribution in [3.63, 3.8) is 0 Å². The molecule has 1 aromatic carbocycles. The van der Waals surface area contributed by atoms with E-state index >= 15 is 0 Å². The molecule has 1 saturated heterocycles. The van der Waals surface area contributed by atoms with Crippen molar-refractivity contribution in [1.82, 2.24) is 10.2 Å². The highest BCUT2D eigenvalue weighted by atomic mass is 16.5. The second-order valence-corrected chi connectivity index (χ2v) is 5.56. The van der Waals surface area contributed by atoms with E-state index in [1.807, 2.05) is 4.90 Å². The van der Waals surface area contributed by atoms with Gasteiger partial charge in [-0.25, -0.2) is 0 Å². The summed E-state index contributed by atoms with van der Waals surface area (Å²) in [5.41, 5.74) is 0.498. The minimum atomic E-state index is -0.252. The van der Waals surface area contributed by atoms with E-state index in [0.717, 1.165) is 25.8 Å². The van der Waals surface area contributed by atoms with Crippen LogP contribution in [0.5, 0.6) is 5.75 Å². The zero-order valence-electron chi connectivity index (χ0n) is 13.3. The quantitative estimate of drug-likeness (QED) is 0.907. The number of ether oxygens (including phenoxy) is 1. The lowest BCUT2D eigenvalue weighted by atomic mass is 10.00. The van der Waals surface area contributed by atoms with Gasteiger partial charge in [0.15, 0.2) is 0 Å². The first-order valence-electron chi connectivity index (χ1n) is 7.87. The predicted molar refractivity (Wildman–Crippen MR) is 85.0 cm³/mol. The molecule has 1 atom stereocenters. The van der Waals surface area contributed by atoms with E-state index < -0.39 is 0 Å². The van der Waals surface area contributed by atoms with Gasteiger partial charge in [0, 0.05) is 18.2 Å². The number of nitrogens with zero attached hydrogens (tertiary/aromatic N) is 1. The maximum absolute atomic E-state index is 12.3. The van der Waals surface area contributed by atoms with E-state index in [4.69, 9.17) is 4.74 Å². The number of nitrogens with one attached hydrogen (secondary N) is 1. The summed E-state index contributed by atoms with van der Waals surface area (Å²) < 4.78 is 5.10. The molecule has 1 unspecified atom stereocenters. The van der Waals surface area contributed by atoms with E-state index in [1.54, 1.807) is 31.4 Å². The first-order valence-corrected chi connectivity index (χ1v) is 7.87. The molecule has 22 heavy (non-hydrogen) atoms. The molecule has 2 rings (SSSR count). The second-order valence-electron chi connectivity index (χ2n) is 5.56. The van der Waals surface area contributed by atoms with E-state index in [2.05, 4.69) is 12.2 Å². The van der Waals surface area contributed by atoms with Crippen LogP contribution in [0.25, 0.3) is 0 Å². The average molecular weight is 304 g/mol. The van der Waals surface area contributed by atoms with Crippen molar-refractivity contribution < 1.29 is 14.3 Å². The lowest BCUT2D eigenvalue weighted by Crippen LogP contribution is -2.47. The molecule has 1 fully saturated rings. The second kappa shape index (κ2) is 7.82. The number of likely N-dealkylation sites (tertiary alicyclic amines) is 1. The predicted octanol–water partition coefficient (Wildman–Crippen LogP) is 2.22. The number of hydrogen-bond donors (Lipinski definition) is 1. The van der Waals surface area contributed by atoms with E-state index in [-0.39, 0.29) is 18.4 Å². The smallest absolute Gasteiger partial charge is 0.251 e. The third-order valence-corrected chi connectivity index (χ3v) is 4.15. The highest BCUT2D eigenvalue weighted by Gasteiger charge is 2.25. The molecule has 1 aliphatic rings. The number of carbonyl (C=O) groups is 2. The number of methoxy groups -OCH3 is 1. The Hall–Kier alpha value is -2.04. The highest BCUT2D eigenvalue weighted by molar-refractivity contribution is 5.96. The fourth-order valence-corrected chi connectivity index (χ4v) is 2.88. The van der Waals surface area contributed by atoms with E-state index in [0.29, 0.717) is 17.4 Å². The maximum Gasteiger partial charge on any atom is 0.251 e. The molecule has 0 saturated carbocycles. The molecular formula is C17H24N2O3. The average Bonchev–Trinajstić information content (AvgIpc) is 2.59. The molecule has 0 aromatic heterocycles. The Morgan fingerprint density at radius 3 is 2.91 bits per heavy atom. The zero-order valence-corrected chi connectivity index (χ0v) is 13.3. The number of hydrogen-bond acceptors (Lipinski definition) is 3. The van der Waals surface area contributed by atoms with Gasteiger partial charge in [-0.3, -0.25) is 9.59 Å². The van der Waals surface area contributed by atoms with Crippen LogP contribution < -0.4 is 10.1 Å². The van der Waals surface area contributed by atoms with Gasteiger partial charge in [-0.2, -0.15) is 0 Å². The van der Waals surface area contributed by atoms with Crippen LogP contribution in [0.2, 0.25) is 0 Å². The van der Waals surface area contributed by atoms with Crippen LogP contribution in [0.1, 0.15) is 43.0 Å². The molecule has 1 aliphatic heterocycles. The normalized spacial score (nSPS) is 17.9. The molecule has 0 bridgehead atoms. The van der Waals surface area contributed by atoms with E-state index in [1.165, 1.54) is 6.42 Å². The molecule has 5 nitrogen and oxygen atoms in total. The molecule has 5 heteroatoms. The number of amides is 2. The summed E-state index contributed by atoms with van der Waals surface area (Å²) in [6.45, 7) is 2.95. The van der Waals surface area contributed by atoms with Crippen LogP contribution >= 0.6 is 0 Å². The summed E-state index contributed by atoms with van der Waals surface area (Å²) in [6, 6.07) is 7.22. The lowest BCUT2D eigenvalue weighted by molar-refractivity contribution is -0.133. The summed E-state index contributed by atoms with van der Waals surface area (Å²) in [5.74, 6) is 0.376. The first-order chi connectivity index (χ1) is 10.7. The Kier molecular flexibility index (Phi) is 5.81. The maximum atomic E-state index is 12.3. The molecule has 1 aromatic rings. The van der Waals surface area contributed by atoms with Gasteiger partial charge in [-0.15, -0.1) is 0 Å². The van der Waals surface area contributed by atoms with Gasteiger partial charge in [0.25, 0.3) is 5.91 Å². The molecule has 0 spiro atoms. The minimum Gasteiger partial charge on any atom is -0.497 e. The van der Waals surface area contributed by atoms with Crippen molar-refractivity contribution in [2.24, 2.45) is 0 Å². The summed E-state index contributed by atoms with van der Waals surface area (Å²) in [4.78, 5) is 26.3. The van der Waals surface area contributed by atoms with Crippen LogP contribution in [0.3, 0.4) is 0 Å². The van der Waals surface area contributed by atoms with Gasteiger partial charge in [0.2, 0.25) is 5.91 Å². The fraction of sp³-hybridized carbons (Fsp3) is 0.529. The third-order valence-electron chi connectivity index (χ3n) is 4.15. The number of piperidine rings is 1. The molecule has 0 aliphatic carbocycles. The van der Waals surface area contributed by atoms with Crippen LogP contribution in [-0.4, -0.2) is 43.0 Å². The lowest BCUT2D eigenvalue weighted by Gasteiger charge is -2.35. The molecule has 2 amide bonds. The van der Waals surface area contributed by atoms with Gasteiger partial charge in [0.1, 0.15) is 5.75 Å². The Morgan fingerprint density at radius 2 is 2.18 bits per heavy atom.